The minimum absolute atomic E-state index is 0.123. The lowest BCUT2D eigenvalue weighted by atomic mass is 9.89. The summed E-state index contributed by atoms with van der Waals surface area (Å²) < 4.78 is 0. The second kappa shape index (κ2) is 6.22. The van der Waals surface area contributed by atoms with Crippen LogP contribution in [0.4, 0.5) is 11.4 Å². The molecule has 2 unspecified atom stereocenters. The van der Waals surface area contributed by atoms with E-state index < -0.39 is 0 Å². The van der Waals surface area contributed by atoms with Crippen molar-refractivity contribution < 1.29 is 4.79 Å². The second-order valence-electron chi connectivity index (χ2n) is 5.81. The van der Waals surface area contributed by atoms with Gasteiger partial charge in [-0.15, -0.1) is 0 Å². The van der Waals surface area contributed by atoms with E-state index in [2.05, 4.69) is 36.5 Å². The van der Waals surface area contributed by atoms with Crippen LogP contribution in [0.25, 0.3) is 0 Å². The van der Waals surface area contributed by atoms with Gasteiger partial charge in [0.15, 0.2) is 0 Å². The lowest BCUT2D eigenvalue weighted by molar-refractivity contribution is -0.117. The molecule has 114 valence electrons. The van der Waals surface area contributed by atoms with E-state index >= 15 is 0 Å². The average molecular weight is 294 g/mol. The van der Waals surface area contributed by atoms with Gasteiger partial charge in [-0.1, -0.05) is 43.3 Å². The normalized spacial score (nSPS) is 20.4. The van der Waals surface area contributed by atoms with Crippen molar-refractivity contribution in [3.8, 4) is 0 Å². The Balaban J connectivity index is 1.98. The summed E-state index contributed by atoms with van der Waals surface area (Å²) in [6.07, 6.45) is 1.89. The van der Waals surface area contributed by atoms with Crippen LogP contribution in [0.1, 0.15) is 38.3 Å². The molecule has 0 aromatic heterocycles. The molecule has 22 heavy (non-hydrogen) atoms. The lowest BCUT2D eigenvalue weighted by Crippen LogP contribution is -2.44. The number of fused-ring (bicyclic) bond motifs is 1. The number of carbonyl (C=O) groups is 1. The van der Waals surface area contributed by atoms with Crippen LogP contribution in [0.5, 0.6) is 0 Å². The Kier molecular flexibility index (Phi) is 4.14. The van der Waals surface area contributed by atoms with Crippen LogP contribution < -0.4 is 10.2 Å². The molecule has 3 nitrogen and oxygen atoms in total. The highest BCUT2D eigenvalue weighted by atomic mass is 16.2. The first kappa shape index (κ1) is 14.6. The molecule has 0 fully saturated rings. The minimum Gasteiger partial charge on any atom is -0.378 e. The predicted octanol–water partition coefficient (Wildman–Crippen LogP) is 4.38. The van der Waals surface area contributed by atoms with Crippen LogP contribution >= 0.6 is 0 Å². The van der Waals surface area contributed by atoms with Gasteiger partial charge in [0.1, 0.15) is 0 Å². The molecule has 0 saturated carbocycles. The maximum absolute atomic E-state index is 12.1. The molecule has 3 heteroatoms. The second-order valence-corrected chi connectivity index (χ2v) is 5.81. The number of hydrogen-bond donors (Lipinski definition) is 1. The van der Waals surface area contributed by atoms with E-state index in [1.165, 1.54) is 5.56 Å². The predicted molar refractivity (Wildman–Crippen MR) is 91.1 cm³/mol. The van der Waals surface area contributed by atoms with Crippen molar-refractivity contribution in [2.24, 2.45) is 0 Å². The number of nitrogens with zero attached hydrogens (tertiary/aromatic N) is 1. The summed E-state index contributed by atoms with van der Waals surface area (Å²) in [4.78, 5) is 14.1. The molecule has 0 aliphatic carbocycles. The van der Waals surface area contributed by atoms with Crippen molar-refractivity contribution >= 4 is 17.3 Å². The first-order chi connectivity index (χ1) is 10.7. The van der Waals surface area contributed by atoms with Gasteiger partial charge in [0.05, 0.1) is 6.04 Å². The Labute approximate surface area is 132 Å². The quantitative estimate of drug-likeness (QED) is 0.911. The van der Waals surface area contributed by atoms with Crippen molar-refractivity contribution in [2.45, 2.75) is 38.8 Å². The third kappa shape index (κ3) is 2.71. The highest BCUT2D eigenvalue weighted by Gasteiger charge is 2.33. The molecule has 0 radical (unpaired) electrons. The summed E-state index contributed by atoms with van der Waals surface area (Å²) in [5, 5.41) is 3.62. The van der Waals surface area contributed by atoms with E-state index in [1.807, 2.05) is 35.2 Å². The Morgan fingerprint density at radius 2 is 1.82 bits per heavy atom. The molecule has 1 aliphatic rings. The Morgan fingerprint density at radius 1 is 1.14 bits per heavy atom. The number of anilines is 2. The van der Waals surface area contributed by atoms with E-state index in [4.69, 9.17) is 0 Å². The standard InChI is InChI=1S/C19H22N2O/c1-3-16-13-18(20-15-9-5-4-6-10-15)17-11-7-8-12-19(17)21(16)14(2)22/h4-12,16,18,20H,3,13H2,1-2H3. The Morgan fingerprint density at radius 3 is 2.50 bits per heavy atom. The molecule has 1 amide bonds. The van der Waals surface area contributed by atoms with Crippen molar-refractivity contribution in [3.05, 3.63) is 60.2 Å². The summed E-state index contributed by atoms with van der Waals surface area (Å²) in [6, 6.07) is 19.0. The summed E-state index contributed by atoms with van der Waals surface area (Å²) in [6.45, 7) is 3.80. The van der Waals surface area contributed by atoms with Gasteiger partial charge in [0.25, 0.3) is 0 Å². The van der Waals surface area contributed by atoms with Gasteiger partial charge in [0.2, 0.25) is 5.91 Å². The Bertz CT molecular complexity index is 653. The van der Waals surface area contributed by atoms with Gasteiger partial charge in [-0.25, -0.2) is 0 Å². The number of para-hydroxylation sites is 2. The average Bonchev–Trinajstić information content (AvgIpc) is 2.55. The van der Waals surface area contributed by atoms with Crippen LogP contribution in [0, 0.1) is 0 Å². The molecule has 0 bridgehead atoms. The zero-order valence-corrected chi connectivity index (χ0v) is 13.1. The number of hydrogen-bond acceptors (Lipinski definition) is 2. The van der Waals surface area contributed by atoms with Crippen molar-refractivity contribution in [2.75, 3.05) is 10.2 Å². The van der Waals surface area contributed by atoms with Gasteiger partial charge in [-0.05, 0) is 36.6 Å². The van der Waals surface area contributed by atoms with Crippen LogP contribution in [-0.2, 0) is 4.79 Å². The first-order valence-corrected chi connectivity index (χ1v) is 7.91. The van der Waals surface area contributed by atoms with Crippen LogP contribution in [0.15, 0.2) is 54.6 Å². The number of rotatable bonds is 3. The van der Waals surface area contributed by atoms with Crippen molar-refractivity contribution in [1.29, 1.82) is 0 Å². The SMILES string of the molecule is CCC1CC(Nc2ccccc2)c2ccccc2N1C(C)=O. The van der Waals surface area contributed by atoms with E-state index in [0.717, 1.165) is 24.2 Å². The highest BCUT2D eigenvalue weighted by Crippen LogP contribution is 2.39. The molecule has 2 atom stereocenters. The topological polar surface area (TPSA) is 32.3 Å². The molecule has 2 aromatic rings. The monoisotopic (exact) mass is 294 g/mol. The number of benzene rings is 2. The van der Waals surface area contributed by atoms with Gasteiger partial charge in [-0.2, -0.15) is 0 Å². The molecule has 2 aromatic carbocycles. The minimum atomic E-state index is 0.123. The fourth-order valence-electron chi connectivity index (χ4n) is 3.35. The third-order valence-corrected chi connectivity index (χ3v) is 4.37. The molecule has 1 aliphatic heterocycles. The van der Waals surface area contributed by atoms with E-state index in [9.17, 15) is 4.79 Å². The van der Waals surface area contributed by atoms with Crippen molar-refractivity contribution in [3.63, 3.8) is 0 Å². The molecular weight excluding hydrogens is 272 g/mol. The van der Waals surface area contributed by atoms with Crippen LogP contribution in [0.3, 0.4) is 0 Å². The summed E-state index contributed by atoms with van der Waals surface area (Å²) in [5.41, 5.74) is 3.36. The largest absolute Gasteiger partial charge is 0.378 e. The molecule has 1 heterocycles. The Hall–Kier alpha value is -2.29. The van der Waals surface area contributed by atoms with Gasteiger partial charge in [-0.3, -0.25) is 4.79 Å². The first-order valence-electron chi connectivity index (χ1n) is 7.91. The maximum Gasteiger partial charge on any atom is 0.224 e. The lowest BCUT2D eigenvalue weighted by Gasteiger charge is -2.40. The van der Waals surface area contributed by atoms with Gasteiger partial charge >= 0.3 is 0 Å². The fraction of sp³-hybridized carbons (Fsp3) is 0.316. The van der Waals surface area contributed by atoms with Gasteiger partial charge < -0.3 is 10.2 Å². The zero-order chi connectivity index (χ0) is 15.5. The van der Waals surface area contributed by atoms with Gasteiger partial charge in [0, 0.05) is 24.3 Å². The highest BCUT2D eigenvalue weighted by molar-refractivity contribution is 5.93. The number of nitrogens with one attached hydrogen (secondary N) is 1. The summed E-state index contributed by atoms with van der Waals surface area (Å²) >= 11 is 0. The number of carbonyl (C=O) groups excluding carboxylic acids is 1. The van der Waals surface area contributed by atoms with Crippen LogP contribution in [-0.4, -0.2) is 11.9 Å². The van der Waals surface area contributed by atoms with E-state index in [0.29, 0.717) is 0 Å². The maximum atomic E-state index is 12.1. The molecule has 1 N–H and O–H groups in total. The van der Waals surface area contributed by atoms with Crippen molar-refractivity contribution in [1.82, 2.24) is 0 Å². The third-order valence-electron chi connectivity index (χ3n) is 4.37. The van der Waals surface area contributed by atoms with E-state index in [-0.39, 0.29) is 18.0 Å². The fourth-order valence-corrected chi connectivity index (χ4v) is 3.35. The molecule has 0 saturated heterocycles. The smallest absolute Gasteiger partial charge is 0.224 e. The molecular formula is C19H22N2O. The summed E-state index contributed by atoms with van der Waals surface area (Å²) in [5.74, 6) is 0.123. The van der Waals surface area contributed by atoms with E-state index in [1.54, 1.807) is 6.92 Å². The summed E-state index contributed by atoms with van der Waals surface area (Å²) in [7, 11) is 0. The molecule has 3 rings (SSSR count). The number of amides is 1. The van der Waals surface area contributed by atoms with Crippen LogP contribution in [0.2, 0.25) is 0 Å². The zero-order valence-electron chi connectivity index (χ0n) is 13.1. The molecule has 0 spiro atoms.